The molecule has 0 heterocycles. The molecule has 0 radical (unpaired) electrons. The molecule has 0 atom stereocenters. The van der Waals surface area contributed by atoms with Crippen molar-refractivity contribution in [3.8, 4) is 0 Å². The minimum atomic E-state index is -4.19. The first-order valence-corrected chi connectivity index (χ1v) is 10.3. The first kappa shape index (κ1) is 27.0. The maximum absolute atomic E-state index is 11.7. The second-order valence-corrected chi connectivity index (χ2v) is 7.56. The van der Waals surface area contributed by atoms with Crippen molar-refractivity contribution in [3.63, 3.8) is 0 Å². The van der Waals surface area contributed by atoms with E-state index in [0.717, 1.165) is 12.8 Å². The molecule has 0 aliphatic rings. The molecule has 0 unspecified atom stereocenters. The molecule has 0 N–H and O–H groups in total. The van der Waals surface area contributed by atoms with Crippen molar-refractivity contribution in [2.75, 3.05) is 19.3 Å². The van der Waals surface area contributed by atoms with Gasteiger partial charge in [0.2, 0.25) is 5.91 Å². The van der Waals surface area contributed by atoms with E-state index >= 15 is 0 Å². The molecular weight excluding hydrogens is 353 g/mol. The summed E-state index contributed by atoms with van der Waals surface area (Å²) in [7, 11) is -2.58. The average Bonchev–Trinajstić information content (AvgIpc) is 2.47. The minimum absolute atomic E-state index is 0. The molecule has 1 amide bonds. The van der Waals surface area contributed by atoms with Gasteiger partial charge in [0.05, 0.1) is 10.1 Å². The van der Waals surface area contributed by atoms with Gasteiger partial charge >= 0.3 is 51.4 Å². The van der Waals surface area contributed by atoms with Crippen LogP contribution in [0.2, 0.25) is 0 Å². The fourth-order valence-electron chi connectivity index (χ4n) is 2.30. The molecule has 0 fully saturated rings. The molecule has 0 aromatic carbocycles. The molecule has 0 bridgehead atoms. The van der Waals surface area contributed by atoms with Crippen LogP contribution in [-0.4, -0.2) is 43.1 Å². The van der Waals surface area contributed by atoms with Gasteiger partial charge < -0.3 is 9.45 Å². The number of carbonyl (C=O) groups is 1. The summed E-state index contributed by atoms with van der Waals surface area (Å²) in [5.41, 5.74) is 0. The van der Waals surface area contributed by atoms with E-state index in [2.05, 4.69) is 6.92 Å². The molecule has 0 saturated heterocycles. The van der Waals surface area contributed by atoms with E-state index < -0.39 is 15.9 Å². The quantitative estimate of drug-likeness (QED) is 0.188. The number of nitrogens with zero attached hydrogens (tertiary/aromatic N) is 1. The van der Waals surface area contributed by atoms with Gasteiger partial charge in [-0.3, -0.25) is 4.79 Å². The molecule has 24 heavy (non-hydrogen) atoms. The van der Waals surface area contributed by atoms with Gasteiger partial charge in [-0.05, 0) is 25.3 Å². The first-order valence-electron chi connectivity index (χ1n) is 8.72. The van der Waals surface area contributed by atoms with E-state index in [-0.39, 0.29) is 70.3 Å². The van der Waals surface area contributed by atoms with E-state index in [9.17, 15) is 17.8 Å². The SMILES string of the molecule is CCCCCCCCCC/C=C/C(=O)N(C)CCCS(=O)(=O)[O-].[K+]. The summed E-state index contributed by atoms with van der Waals surface area (Å²) in [5, 5.41) is 0. The zero-order valence-electron chi connectivity index (χ0n) is 15.6. The molecular formula is C17H32KNO4S. The number of amides is 1. The smallest absolute Gasteiger partial charge is 0.748 e. The van der Waals surface area contributed by atoms with Gasteiger partial charge in [-0.2, -0.15) is 0 Å². The average molecular weight is 386 g/mol. The molecule has 5 nitrogen and oxygen atoms in total. The zero-order chi connectivity index (χ0) is 17.6. The Hall–Kier alpha value is 0.756. The van der Waals surface area contributed by atoms with Gasteiger partial charge in [-0.25, -0.2) is 8.42 Å². The van der Waals surface area contributed by atoms with Crippen molar-refractivity contribution >= 4 is 16.0 Å². The third-order valence-corrected chi connectivity index (χ3v) is 4.54. The third kappa shape index (κ3) is 19.1. The Labute approximate surface area is 190 Å². The molecule has 0 aromatic heterocycles. The Morgan fingerprint density at radius 3 is 2.08 bits per heavy atom. The number of hydrogen-bond donors (Lipinski definition) is 0. The molecule has 7 heteroatoms. The van der Waals surface area contributed by atoms with Crippen LogP contribution in [0, 0.1) is 0 Å². The zero-order valence-corrected chi connectivity index (χ0v) is 19.6. The van der Waals surface area contributed by atoms with Crippen molar-refractivity contribution < 1.29 is 69.1 Å². The molecule has 0 aliphatic heterocycles. The third-order valence-electron chi connectivity index (χ3n) is 3.75. The fraction of sp³-hybridized carbons (Fsp3) is 0.824. The Kier molecular flexibility index (Phi) is 19.3. The van der Waals surface area contributed by atoms with Crippen molar-refractivity contribution in [3.05, 3.63) is 12.2 Å². The van der Waals surface area contributed by atoms with Crippen LogP contribution in [0.4, 0.5) is 0 Å². The van der Waals surface area contributed by atoms with E-state index in [1.807, 2.05) is 6.08 Å². The van der Waals surface area contributed by atoms with Crippen LogP contribution in [0.3, 0.4) is 0 Å². The molecule has 0 aliphatic carbocycles. The second-order valence-electron chi connectivity index (χ2n) is 6.04. The Balaban J connectivity index is 0. The topological polar surface area (TPSA) is 77.5 Å². The van der Waals surface area contributed by atoms with Crippen LogP contribution >= 0.6 is 0 Å². The minimum Gasteiger partial charge on any atom is -0.748 e. The number of likely N-dealkylation sites (N-methyl/N-ethyl adjacent to an activating group) is 1. The Bertz CT molecular complexity index is 438. The number of allylic oxidation sites excluding steroid dienone is 1. The van der Waals surface area contributed by atoms with Crippen LogP contribution < -0.4 is 51.4 Å². The standard InChI is InChI=1S/C17H33NO4S.K/c1-3-4-5-6-7-8-9-10-11-12-14-17(19)18(2)15-13-16-23(20,21)22;/h12,14H,3-11,13,15-16H2,1-2H3,(H,20,21,22);/q;+1/p-1/b14-12+;. The first-order chi connectivity index (χ1) is 10.9. The summed E-state index contributed by atoms with van der Waals surface area (Å²) in [6.07, 6.45) is 14.6. The van der Waals surface area contributed by atoms with Gasteiger partial charge in [0.1, 0.15) is 0 Å². The normalized spacial score (nSPS) is 11.5. The van der Waals surface area contributed by atoms with E-state index in [0.29, 0.717) is 0 Å². The second kappa shape index (κ2) is 17.2. The van der Waals surface area contributed by atoms with Gasteiger partial charge in [0, 0.05) is 19.3 Å². The van der Waals surface area contributed by atoms with Gasteiger partial charge in [-0.1, -0.05) is 57.9 Å². The summed E-state index contributed by atoms with van der Waals surface area (Å²) in [6.45, 7) is 2.50. The van der Waals surface area contributed by atoms with Crippen molar-refractivity contribution in [2.24, 2.45) is 0 Å². The molecule has 0 spiro atoms. The van der Waals surface area contributed by atoms with Crippen molar-refractivity contribution in [2.45, 2.75) is 71.1 Å². The number of unbranched alkanes of at least 4 members (excludes halogenated alkanes) is 8. The number of rotatable bonds is 14. The van der Waals surface area contributed by atoms with Crippen LogP contribution in [0.1, 0.15) is 71.1 Å². The van der Waals surface area contributed by atoms with Crippen LogP contribution in [0.15, 0.2) is 12.2 Å². The van der Waals surface area contributed by atoms with E-state index in [1.54, 1.807) is 7.05 Å². The van der Waals surface area contributed by atoms with Crippen molar-refractivity contribution in [1.29, 1.82) is 0 Å². The maximum Gasteiger partial charge on any atom is 1.00 e. The number of hydrogen-bond acceptors (Lipinski definition) is 4. The molecule has 0 rings (SSSR count). The predicted octanol–water partition coefficient (Wildman–Crippen LogP) is 0.471. The Morgan fingerprint density at radius 2 is 1.54 bits per heavy atom. The number of carbonyl (C=O) groups excluding carboxylic acids is 1. The molecule has 136 valence electrons. The van der Waals surface area contributed by atoms with Crippen LogP contribution in [0.25, 0.3) is 0 Å². The van der Waals surface area contributed by atoms with Gasteiger partial charge in [-0.15, -0.1) is 0 Å². The van der Waals surface area contributed by atoms with E-state index in [4.69, 9.17) is 0 Å². The maximum atomic E-state index is 11.7. The Morgan fingerprint density at radius 1 is 1.00 bits per heavy atom. The summed E-state index contributed by atoms with van der Waals surface area (Å²) >= 11 is 0. The summed E-state index contributed by atoms with van der Waals surface area (Å²) in [5.74, 6) is -0.570. The predicted molar refractivity (Wildman–Crippen MR) is 93.2 cm³/mol. The summed E-state index contributed by atoms with van der Waals surface area (Å²) < 4.78 is 31.4. The largest absolute Gasteiger partial charge is 1.00 e. The van der Waals surface area contributed by atoms with Crippen LogP contribution in [-0.2, 0) is 14.9 Å². The van der Waals surface area contributed by atoms with Gasteiger partial charge in [0.15, 0.2) is 0 Å². The van der Waals surface area contributed by atoms with Gasteiger partial charge in [0.25, 0.3) is 0 Å². The van der Waals surface area contributed by atoms with Crippen molar-refractivity contribution in [1.82, 2.24) is 4.90 Å². The van der Waals surface area contributed by atoms with Crippen LogP contribution in [0.5, 0.6) is 0 Å². The summed E-state index contributed by atoms with van der Waals surface area (Å²) in [6, 6.07) is 0. The molecule has 0 saturated carbocycles. The fourth-order valence-corrected chi connectivity index (χ4v) is 2.78. The van der Waals surface area contributed by atoms with E-state index in [1.165, 1.54) is 55.9 Å². The summed E-state index contributed by atoms with van der Waals surface area (Å²) in [4.78, 5) is 13.2. The monoisotopic (exact) mass is 385 g/mol. The molecule has 0 aromatic rings.